The minimum Gasteiger partial charge on any atom is -0.443 e. The van der Waals surface area contributed by atoms with Crippen LogP contribution in [0.4, 0.5) is 26.3 Å². The molecule has 0 N–H and O–H groups in total. The van der Waals surface area contributed by atoms with E-state index >= 15 is 0 Å². The first kappa shape index (κ1) is 28.4. The Balaban J connectivity index is 1.48. The Kier molecular flexibility index (Phi) is 8.74. The van der Waals surface area contributed by atoms with E-state index in [1.54, 1.807) is 36.1 Å². The molecule has 0 aromatic heterocycles. The van der Waals surface area contributed by atoms with Crippen molar-refractivity contribution in [3.05, 3.63) is 81.6 Å². The number of hydrogen-bond donors (Lipinski definition) is 0. The molecule has 38 heavy (non-hydrogen) atoms. The van der Waals surface area contributed by atoms with Gasteiger partial charge in [-0.2, -0.15) is 26.3 Å². The highest BCUT2D eigenvalue weighted by molar-refractivity contribution is 6.30. The molecule has 206 valence electrons. The second kappa shape index (κ2) is 11.7. The number of aliphatic imine (C=N–C) groups is 1. The number of morpholine rings is 1. The zero-order chi connectivity index (χ0) is 27.5. The topological polar surface area (TPSA) is 34.1 Å². The summed E-state index contributed by atoms with van der Waals surface area (Å²) in [6, 6.07) is 11.4. The molecule has 11 heteroatoms. The van der Waals surface area contributed by atoms with Gasteiger partial charge < -0.3 is 9.47 Å². The van der Waals surface area contributed by atoms with Crippen LogP contribution in [0.2, 0.25) is 5.02 Å². The van der Waals surface area contributed by atoms with E-state index in [9.17, 15) is 26.3 Å². The summed E-state index contributed by atoms with van der Waals surface area (Å²) >= 11 is 5.94. The van der Waals surface area contributed by atoms with E-state index in [-0.39, 0.29) is 49.9 Å². The molecule has 0 spiro atoms. The van der Waals surface area contributed by atoms with Gasteiger partial charge in [0.15, 0.2) is 0 Å². The van der Waals surface area contributed by atoms with E-state index in [0.29, 0.717) is 29.1 Å². The van der Waals surface area contributed by atoms with Gasteiger partial charge in [-0.1, -0.05) is 23.7 Å². The molecule has 2 aromatic rings. The van der Waals surface area contributed by atoms with Crippen LogP contribution in [0.1, 0.15) is 42.6 Å². The third kappa shape index (κ3) is 7.30. The average Bonchev–Trinajstić information content (AvgIpc) is 3.04. The molecule has 4 rings (SSSR count). The molecule has 1 saturated heterocycles. The smallest absolute Gasteiger partial charge is 0.416 e. The zero-order valence-electron chi connectivity index (χ0n) is 20.6. The predicted molar refractivity (Wildman–Crippen MR) is 132 cm³/mol. The van der Waals surface area contributed by atoms with Gasteiger partial charge in [0.2, 0.25) is 5.90 Å². The molecule has 0 amide bonds. The summed E-state index contributed by atoms with van der Waals surface area (Å²) in [6.45, 7) is 2.17. The molecule has 1 fully saturated rings. The maximum absolute atomic E-state index is 14.2. The highest BCUT2D eigenvalue weighted by Crippen LogP contribution is 2.36. The SMILES string of the molecule is CC1=C(CC(CN2CCOC(c3cccc(C(F)(F)F)c3)C2)C(F)(F)F)OC(c2ccc(Cl)cc2)=NCC1. The number of nitrogens with zero attached hydrogens (tertiary/aromatic N) is 2. The quantitative estimate of drug-likeness (QED) is 0.344. The highest BCUT2D eigenvalue weighted by Gasteiger charge is 2.42. The van der Waals surface area contributed by atoms with Crippen LogP contribution >= 0.6 is 11.6 Å². The van der Waals surface area contributed by atoms with Crippen molar-refractivity contribution in [1.82, 2.24) is 4.90 Å². The van der Waals surface area contributed by atoms with Crippen molar-refractivity contribution in [2.45, 2.75) is 38.2 Å². The van der Waals surface area contributed by atoms with Crippen LogP contribution in [0, 0.1) is 5.92 Å². The third-order valence-electron chi connectivity index (χ3n) is 6.64. The van der Waals surface area contributed by atoms with Gasteiger partial charge in [0.1, 0.15) is 5.76 Å². The van der Waals surface area contributed by atoms with Crippen LogP contribution in [-0.2, 0) is 15.7 Å². The average molecular weight is 561 g/mol. The van der Waals surface area contributed by atoms with Crippen molar-refractivity contribution in [1.29, 1.82) is 0 Å². The van der Waals surface area contributed by atoms with Crippen molar-refractivity contribution in [3.63, 3.8) is 0 Å². The van der Waals surface area contributed by atoms with Gasteiger partial charge in [0, 0.05) is 43.2 Å². The van der Waals surface area contributed by atoms with Crippen molar-refractivity contribution in [2.24, 2.45) is 10.9 Å². The Morgan fingerprint density at radius 2 is 1.82 bits per heavy atom. The van der Waals surface area contributed by atoms with Crippen LogP contribution in [-0.4, -0.2) is 49.8 Å². The molecule has 2 aliphatic heterocycles. The summed E-state index contributed by atoms with van der Waals surface area (Å²) in [5, 5.41) is 0.515. The lowest BCUT2D eigenvalue weighted by atomic mass is 9.98. The largest absolute Gasteiger partial charge is 0.443 e. The standard InChI is InChI=1S/C27H27ClF6N2O2/c1-17-9-10-35-25(18-5-7-22(28)8-6-18)38-23(17)14-21(27(32,33)34)15-36-11-12-37-24(16-36)19-3-2-4-20(13-19)26(29,30)31/h2-8,13,21,24H,9-12,14-16H2,1H3. The molecule has 0 bridgehead atoms. The summed E-state index contributed by atoms with van der Waals surface area (Å²) in [6.07, 6.45) is -9.73. The predicted octanol–water partition coefficient (Wildman–Crippen LogP) is 7.44. The molecule has 0 saturated carbocycles. The Morgan fingerprint density at radius 1 is 1.08 bits per heavy atom. The third-order valence-corrected chi connectivity index (χ3v) is 6.89. The normalized spacial score (nSPS) is 20.5. The van der Waals surface area contributed by atoms with E-state index in [1.807, 2.05) is 0 Å². The molecule has 2 unspecified atom stereocenters. The lowest BCUT2D eigenvalue weighted by Gasteiger charge is -2.36. The van der Waals surface area contributed by atoms with Crippen LogP contribution in [0.25, 0.3) is 0 Å². The van der Waals surface area contributed by atoms with Gasteiger partial charge >= 0.3 is 12.4 Å². The number of halogens is 7. The molecular weight excluding hydrogens is 534 g/mol. The number of alkyl halides is 6. The summed E-state index contributed by atoms with van der Waals surface area (Å²) in [7, 11) is 0. The van der Waals surface area contributed by atoms with Gasteiger partial charge in [-0.25, -0.2) is 0 Å². The zero-order valence-corrected chi connectivity index (χ0v) is 21.3. The van der Waals surface area contributed by atoms with Crippen LogP contribution in [0.3, 0.4) is 0 Å². The van der Waals surface area contributed by atoms with Gasteiger partial charge in [0.05, 0.1) is 24.2 Å². The lowest BCUT2D eigenvalue weighted by Crippen LogP contribution is -2.44. The number of hydrogen-bond acceptors (Lipinski definition) is 4. The molecule has 2 aromatic carbocycles. The van der Waals surface area contributed by atoms with Gasteiger partial charge in [-0.15, -0.1) is 0 Å². The molecule has 4 nitrogen and oxygen atoms in total. The minimum atomic E-state index is -4.52. The summed E-state index contributed by atoms with van der Waals surface area (Å²) in [4.78, 5) is 5.99. The van der Waals surface area contributed by atoms with E-state index in [2.05, 4.69) is 4.99 Å². The van der Waals surface area contributed by atoms with Crippen LogP contribution in [0.5, 0.6) is 0 Å². The monoisotopic (exact) mass is 560 g/mol. The molecule has 0 radical (unpaired) electrons. The van der Waals surface area contributed by atoms with Gasteiger partial charge in [-0.05, 0) is 60.9 Å². The lowest BCUT2D eigenvalue weighted by molar-refractivity contribution is -0.184. The summed E-state index contributed by atoms with van der Waals surface area (Å²) in [5.41, 5.74) is 0.760. The van der Waals surface area contributed by atoms with E-state index < -0.39 is 29.9 Å². The van der Waals surface area contributed by atoms with E-state index in [0.717, 1.165) is 12.1 Å². The highest BCUT2D eigenvalue weighted by atomic mass is 35.5. The van der Waals surface area contributed by atoms with Crippen LogP contribution in [0.15, 0.2) is 64.9 Å². The van der Waals surface area contributed by atoms with Gasteiger partial charge in [0.25, 0.3) is 0 Å². The fraction of sp³-hybridized carbons (Fsp3) is 0.444. The molecule has 2 heterocycles. The van der Waals surface area contributed by atoms with Gasteiger partial charge in [-0.3, -0.25) is 9.89 Å². The summed E-state index contributed by atoms with van der Waals surface area (Å²) in [5.74, 6) is -1.29. The maximum Gasteiger partial charge on any atom is 0.416 e. The second-order valence-corrected chi connectivity index (χ2v) is 9.87. The minimum absolute atomic E-state index is 0.0459. The first-order chi connectivity index (χ1) is 17.9. The second-order valence-electron chi connectivity index (χ2n) is 9.43. The Hall–Kier alpha value is -2.56. The first-order valence-electron chi connectivity index (χ1n) is 12.1. The van der Waals surface area contributed by atoms with Crippen molar-refractivity contribution in [3.8, 4) is 0 Å². The fourth-order valence-electron chi connectivity index (χ4n) is 4.46. The molecule has 2 atom stereocenters. The Bertz CT molecular complexity index is 1180. The first-order valence-corrected chi connectivity index (χ1v) is 12.5. The van der Waals surface area contributed by atoms with Crippen molar-refractivity contribution < 1.29 is 35.8 Å². The summed E-state index contributed by atoms with van der Waals surface area (Å²) < 4.78 is 93.7. The molecule has 2 aliphatic rings. The van der Waals surface area contributed by atoms with Crippen LogP contribution < -0.4 is 0 Å². The van der Waals surface area contributed by atoms with E-state index in [4.69, 9.17) is 21.1 Å². The van der Waals surface area contributed by atoms with E-state index in [1.165, 1.54) is 12.1 Å². The number of rotatable bonds is 6. The van der Waals surface area contributed by atoms with Crippen molar-refractivity contribution in [2.75, 3.05) is 32.8 Å². The molecule has 0 aliphatic carbocycles. The Labute approximate surface area is 221 Å². The Morgan fingerprint density at radius 3 is 2.50 bits per heavy atom. The fourth-order valence-corrected chi connectivity index (χ4v) is 4.59. The number of allylic oxidation sites excluding steroid dienone is 1. The number of benzene rings is 2. The number of ether oxygens (including phenoxy) is 2. The molecular formula is C27H27ClF6N2O2. The van der Waals surface area contributed by atoms with Crippen molar-refractivity contribution >= 4 is 17.5 Å². The maximum atomic E-state index is 14.2.